The van der Waals surface area contributed by atoms with Crippen molar-refractivity contribution in [1.29, 1.82) is 0 Å². The standard InChI is InChI=1S/C24H24FNO4/c1-2-27-16-21-14-19-13-18(8-11-23(19)30-29-21)24(22-5-3-4-12-26-22)28-15-17-6-9-20(25)10-7-17/h3-13,21,24H,2,14-16H2,1H3. The number of benzene rings is 2. The number of nitrogens with zero attached hydrogens (tertiary/aromatic N) is 1. The smallest absolute Gasteiger partial charge is 0.168 e. The minimum atomic E-state index is -0.366. The van der Waals surface area contributed by atoms with Crippen LogP contribution in [0, 0.1) is 5.82 Å². The maximum atomic E-state index is 13.2. The van der Waals surface area contributed by atoms with Crippen LogP contribution in [0.25, 0.3) is 0 Å². The molecule has 4 rings (SSSR count). The zero-order valence-corrected chi connectivity index (χ0v) is 16.8. The fraction of sp³-hybridized carbons (Fsp3) is 0.292. The van der Waals surface area contributed by atoms with Crippen LogP contribution in [0.3, 0.4) is 0 Å². The molecule has 1 aromatic heterocycles. The lowest BCUT2D eigenvalue weighted by Gasteiger charge is -2.25. The van der Waals surface area contributed by atoms with E-state index in [4.69, 9.17) is 19.2 Å². The highest BCUT2D eigenvalue weighted by Gasteiger charge is 2.24. The molecule has 0 spiro atoms. The zero-order chi connectivity index (χ0) is 20.8. The van der Waals surface area contributed by atoms with Crippen LogP contribution in [-0.4, -0.2) is 24.3 Å². The van der Waals surface area contributed by atoms with Gasteiger partial charge in [0.25, 0.3) is 0 Å². The Morgan fingerprint density at radius 1 is 1.13 bits per heavy atom. The molecular formula is C24H24FNO4. The summed E-state index contributed by atoms with van der Waals surface area (Å²) in [6.07, 6.45) is 1.92. The highest BCUT2D eigenvalue weighted by molar-refractivity contribution is 5.41. The number of rotatable bonds is 8. The van der Waals surface area contributed by atoms with Crippen molar-refractivity contribution >= 4 is 0 Å². The van der Waals surface area contributed by atoms with Crippen LogP contribution in [-0.2, 0) is 27.4 Å². The summed E-state index contributed by atoms with van der Waals surface area (Å²) in [5, 5.41) is 0. The van der Waals surface area contributed by atoms with Crippen molar-refractivity contribution in [3.05, 3.63) is 95.1 Å². The Labute approximate surface area is 175 Å². The molecule has 0 saturated heterocycles. The van der Waals surface area contributed by atoms with Gasteiger partial charge in [-0.15, -0.1) is 0 Å². The van der Waals surface area contributed by atoms with Crippen LogP contribution < -0.4 is 4.89 Å². The summed E-state index contributed by atoms with van der Waals surface area (Å²) in [6.45, 7) is 3.40. The molecule has 0 N–H and O–H groups in total. The molecule has 0 bridgehead atoms. The Balaban J connectivity index is 1.57. The van der Waals surface area contributed by atoms with Crippen LogP contribution in [0.5, 0.6) is 5.75 Å². The van der Waals surface area contributed by atoms with Crippen molar-refractivity contribution in [2.75, 3.05) is 13.2 Å². The van der Waals surface area contributed by atoms with Crippen molar-refractivity contribution in [3.63, 3.8) is 0 Å². The van der Waals surface area contributed by atoms with E-state index < -0.39 is 0 Å². The van der Waals surface area contributed by atoms with Gasteiger partial charge in [-0.1, -0.05) is 24.3 Å². The third-order valence-corrected chi connectivity index (χ3v) is 4.90. The second-order valence-corrected chi connectivity index (χ2v) is 7.10. The van der Waals surface area contributed by atoms with E-state index >= 15 is 0 Å². The second-order valence-electron chi connectivity index (χ2n) is 7.10. The fourth-order valence-corrected chi connectivity index (χ4v) is 3.38. The van der Waals surface area contributed by atoms with Gasteiger partial charge in [-0.05, 0) is 54.4 Å². The summed E-state index contributed by atoms with van der Waals surface area (Å²) in [5.41, 5.74) is 3.70. The average molecular weight is 409 g/mol. The van der Waals surface area contributed by atoms with Crippen LogP contribution in [0.15, 0.2) is 66.9 Å². The molecule has 2 unspecified atom stereocenters. The quantitative estimate of drug-likeness (QED) is 0.500. The van der Waals surface area contributed by atoms with E-state index in [0.717, 1.165) is 22.4 Å². The Kier molecular flexibility index (Phi) is 6.69. The molecule has 0 radical (unpaired) electrons. The molecule has 1 aliphatic rings. The topological polar surface area (TPSA) is 49.8 Å². The molecule has 6 heteroatoms. The Hall–Kier alpha value is -2.80. The summed E-state index contributed by atoms with van der Waals surface area (Å²) < 4.78 is 24.9. The van der Waals surface area contributed by atoms with Gasteiger partial charge in [-0.3, -0.25) is 4.98 Å². The third-order valence-electron chi connectivity index (χ3n) is 4.90. The van der Waals surface area contributed by atoms with Crippen LogP contribution >= 0.6 is 0 Å². The molecule has 5 nitrogen and oxygen atoms in total. The van der Waals surface area contributed by atoms with Crippen LogP contribution in [0.1, 0.15) is 35.4 Å². The zero-order valence-electron chi connectivity index (χ0n) is 16.8. The normalized spacial score (nSPS) is 16.5. The average Bonchev–Trinajstić information content (AvgIpc) is 2.79. The first-order valence-electron chi connectivity index (χ1n) is 10.0. The third kappa shape index (κ3) is 5.02. The summed E-state index contributed by atoms with van der Waals surface area (Å²) in [6, 6.07) is 18.0. The van der Waals surface area contributed by atoms with Crippen LogP contribution in [0.2, 0.25) is 0 Å². The SMILES string of the molecule is CCOCC1Cc2cc(C(OCc3ccc(F)cc3)c3ccccn3)ccc2OO1. The first-order valence-corrected chi connectivity index (χ1v) is 10.0. The molecule has 0 aliphatic carbocycles. The lowest BCUT2D eigenvalue weighted by atomic mass is 9.98. The maximum absolute atomic E-state index is 13.2. The van der Waals surface area contributed by atoms with Crippen molar-refractivity contribution in [1.82, 2.24) is 4.98 Å². The van der Waals surface area contributed by atoms with E-state index in [-0.39, 0.29) is 18.0 Å². The van der Waals surface area contributed by atoms with E-state index in [1.807, 2.05) is 37.3 Å². The molecule has 0 saturated carbocycles. The van der Waals surface area contributed by atoms with Crippen molar-refractivity contribution in [2.45, 2.75) is 32.2 Å². The number of pyridine rings is 1. The first kappa shape index (κ1) is 20.5. The number of fused-ring (bicyclic) bond motifs is 1. The summed E-state index contributed by atoms with van der Waals surface area (Å²) >= 11 is 0. The van der Waals surface area contributed by atoms with E-state index in [2.05, 4.69) is 11.1 Å². The molecule has 3 aromatic rings. The van der Waals surface area contributed by atoms with Gasteiger partial charge in [0.2, 0.25) is 0 Å². The van der Waals surface area contributed by atoms with Gasteiger partial charge >= 0.3 is 0 Å². The maximum Gasteiger partial charge on any atom is 0.168 e. The molecule has 30 heavy (non-hydrogen) atoms. The minimum Gasteiger partial charge on any atom is -0.379 e. The molecule has 2 aromatic carbocycles. The minimum absolute atomic E-state index is 0.152. The van der Waals surface area contributed by atoms with E-state index in [9.17, 15) is 4.39 Å². The predicted octanol–water partition coefficient (Wildman–Crippen LogP) is 4.80. The van der Waals surface area contributed by atoms with Crippen molar-refractivity contribution < 1.29 is 23.6 Å². The number of aromatic nitrogens is 1. The van der Waals surface area contributed by atoms with Gasteiger partial charge in [-0.25, -0.2) is 4.39 Å². The Morgan fingerprint density at radius 3 is 2.77 bits per heavy atom. The highest BCUT2D eigenvalue weighted by atomic mass is 19.1. The van der Waals surface area contributed by atoms with Crippen molar-refractivity contribution in [3.8, 4) is 5.75 Å². The monoisotopic (exact) mass is 409 g/mol. The predicted molar refractivity (Wildman–Crippen MR) is 109 cm³/mol. The lowest BCUT2D eigenvalue weighted by molar-refractivity contribution is -0.264. The largest absolute Gasteiger partial charge is 0.379 e. The summed E-state index contributed by atoms with van der Waals surface area (Å²) in [4.78, 5) is 15.3. The van der Waals surface area contributed by atoms with E-state index in [1.54, 1.807) is 18.3 Å². The van der Waals surface area contributed by atoms with E-state index in [0.29, 0.717) is 32.0 Å². The molecule has 1 aliphatic heterocycles. The Bertz CT molecular complexity index is 949. The first-order chi connectivity index (χ1) is 14.7. The van der Waals surface area contributed by atoms with E-state index in [1.165, 1.54) is 12.1 Å². The molecule has 0 amide bonds. The molecular weight excluding hydrogens is 385 g/mol. The highest BCUT2D eigenvalue weighted by Crippen LogP contribution is 2.33. The number of hydrogen-bond acceptors (Lipinski definition) is 5. The van der Waals surface area contributed by atoms with Gasteiger partial charge in [-0.2, -0.15) is 4.89 Å². The second kappa shape index (κ2) is 9.80. The van der Waals surface area contributed by atoms with Crippen LogP contribution in [0.4, 0.5) is 4.39 Å². The molecule has 2 heterocycles. The summed E-state index contributed by atoms with van der Waals surface area (Å²) in [5.74, 6) is 0.434. The lowest BCUT2D eigenvalue weighted by Crippen LogP contribution is -2.28. The molecule has 156 valence electrons. The number of halogens is 1. The number of hydrogen-bond donors (Lipinski definition) is 0. The summed E-state index contributed by atoms with van der Waals surface area (Å²) in [7, 11) is 0. The Morgan fingerprint density at radius 2 is 2.00 bits per heavy atom. The molecule has 2 atom stereocenters. The van der Waals surface area contributed by atoms with Crippen molar-refractivity contribution in [2.24, 2.45) is 0 Å². The van der Waals surface area contributed by atoms with Gasteiger partial charge in [0.1, 0.15) is 18.0 Å². The van der Waals surface area contributed by atoms with Gasteiger partial charge < -0.3 is 14.4 Å². The number of ether oxygens (including phenoxy) is 2. The van der Waals surface area contributed by atoms with Gasteiger partial charge in [0.05, 0.1) is 18.9 Å². The van der Waals surface area contributed by atoms with Gasteiger partial charge in [0.15, 0.2) is 5.75 Å². The van der Waals surface area contributed by atoms with Gasteiger partial charge in [0, 0.05) is 24.8 Å². The molecule has 0 fully saturated rings. The fourth-order valence-electron chi connectivity index (χ4n) is 3.38.